The number of aliphatic hydroxyl groups is 1. The van der Waals surface area contributed by atoms with Gasteiger partial charge in [-0.2, -0.15) is 0 Å². The summed E-state index contributed by atoms with van der Waals surface area (Å²) in [5.41, 5.74) is 2.40. The number of aliphatic hydroxyl groups excluding tert-OH is 1. The minimum Gasteiger partial charge on any atom is -0.456 e. The zero-order chi connectivity index (χ0) is 25.8. The van der Waals surface area contributed by atoms with Gasteiger partial charge in [-0.05, 0) is 52.9 Å². The molecule has 8 heteroatoms. The monoisotopic (exact) mass is 611 g/mol. The van der Waals surface area contributed by atoms with Crippen LogP contribution in [0.4, 0.5) is 0 Å². The molecule has 1 aliphatic heterocycles. The molecule has 1 aliphatic carbocycles. The second-order valence-corrected chi connectivity index (χ2v) is 10.1. The molecule has 0 aromatic heterocycles. The van der Waals surface area contributed by atoms with Crippen molar-refractivity contribution in [1.29, 1.82) is 0 Å². The van der Waals surface area contributed by atoms with E-state index in [1.165, 1.54) is 0 Å². The van der Waals surface area contributed by atoms with Gasteiger partial charge in [-0.3, -0.25) is 4.79 Å². The summed E-state index contributed by atoms with van der Waals surface area (Å²) in [6, 6.07) is 26.3. The Bertz CT molecular complexity index is 1240. The average Bonchev–Trinajstić information content (AvgIpc) is 3.34. The molecular formula is C29H26INO6. The Morgan fingerprint density at radius 1 is 0.946 bits per heavy atom. The van der Waals surface area contributed by atoms with Gasteiger partial charge in [0.25, 0.3) is 0 Å². The third kappa shape index (κ3) is 5.33. The van der Waals surface area contributed by atoms with Crippen LogP contribution in [0, 0.1) is 3.57 Å². The van der Waals surface area contributed by atoms with Crippen LogP contribution in [0.25, 0.3) is 0 Å². The summed E-state index contributed by atoms with van der Waals surface area (Å²) in [6.07, 6.45) is -0.190. The lowest BCUT2D eigenvalue weighted by Crippen LogP contribution is -2.43. The Hall–Kier alpha value is -3.05. The van der Waals surface area contributed by atoms with E-state index in [1.807, 2.05) is 72.8 Å². The number of benzene rings is 3. The molecule has 3 aromatic carbocycles. The largest absolute Gasteiger partial charge is 0.456 e. The number of hydrogen-bond donors (Lipinski definition) is 2. The first-order valence-electron chi connectivity index (χ1n) is 12.0. The number of halogens is 1. The average molecular weight is 611 g/mol. The fourth-order valence-corrected chi connectivity index (χ4v) is 5.03. The van der Waals surface area contributed by atoms with Crippen molar-refractivity contribution < 1.29 is 28.9 Å². The lowest BCUT2D eigenvalue weighted by molar-refractivity contribution is -0.157. The molecule has 7 nitrogen and oxygen atoms in total. The molecule has 0 saturated carbocycles. The highest BCUT2D eigenvalue weighted by molar-refractivity contribution is 14.1. The summed E-state index contributed by atoms with van der Waals surface area (Å²) in [5, 5.41) is 11.8. The smallest absolute Gasteiger partial charge is 0.338 e. The Labute approximate surface area is 228 Å². The van der Waals surface area contributed by atoms with Crippen molar-refractivity contribution in [2.45, 2.75) is 30.5 Å². The van der Waals surface area contributed by atoms with E-state index in [4.69, 9.17) is 19.3 Å². The van der Waals surface area contributed by atoms with Gasteiger partial charge in [0, 0.05) is 33.2 Å². The fourth-order valence-electron chi connectivity index (χ4n) is 4.67. The molecule has 1 saturated heterocycles. The first-order chi connectivity index (χ1) is 18.0. The molecule has 0 bridgehead atoms. The van der Waals surface area contributed by atoms with E-state index >= 15 is 0 Å². The van der Waals surface area contributed by atoms with Crippen molar-refractivity contribution in [1.82, 2.24) is 5.32 Å². The van der Waals surface area contributed by atoms with Crippen LogP contribution in [0.15, 0.2) is 96.6 Å². The molecule has 1 fully saturated rings. The van der Waals surface area contributed by atoms with Crippen LogP contribution in [0.5, 0.6) is 0 Å². The Morgan fingerprint density at radius 2 is 1.57 bits per heavy atom. The number of ether oxygens (including phenoxy) is 3. The maximum absolute atomic E-state index is 13.1. The van der Waals surface area contributed by atoms with E-state index in [0.29, 0.717) is 11.1 Å². The predicted molar refractivity (Wildman–Crippen MR) is 145 cm³/mol. The third-order valence-corrected chi connectivity index (χ3v) is 7.14. The number of rotatable bonds is 7. The topological polar surface area (TPSA) is 94.1 Å². The molecule has 2 aliphatic rings. The lowest BCUT2D eigenvalue weighted by Gasteiger charge is -2.31. The first kappa shape index (κ1) is 25.6. The molecule has 1 heterocycles. The number of nitrogens with one attached hydrogen (secondary N) is 1. The van der Waals surface area contributed by atoms with Crippen molar-refractivity contribution >= 4 is 34.5 Å². The van der Waals surface area contributed by atoms with Crippen LogP contribution in [-0.4, -0.2) is 48.4 Å². The van der Waals surface area contributed by atoms with Crippen LogP contribution in [0.3, 0.4) is 0 Å². The number of esters is 1. The minimum atomic E-state index is -1.25. The number of amides is 1. The van der Waals surface area contributed by atoms with Crippen molar-refractivity contribution in [3.8, 4) is 0 Å². The Kier molecular flexibility index (Phi) is 7.71. The predicted octanol–water partition coefficient (Wildman–Crippen LogP) is 3.94. The zero-order valence-electron chi connectivity index (χ0n) is 19.9. The highest BCUT2D eigenvalue weighted by Gasteiger charge is 2.54. The van der Waals surface area contributed by atoms with E-state index in [1.54, 1.807) is 18.2 Å². The summed E-state index contributed by atoms with van der Waals surface area (Å²) in [4.78, 5) is 25.9. The lowest BCUT2D eigenvalue weighted by atomic mass is 9.91. The van der Waals surface area contributed by atoms with E-state index in [9.17, 15) is 9.59 Å². The second kappa shape index (κ2) is 11.1. The summed E-state index contributed by atoms with van der Waals surface area (Å²) in [5.74, 6) is -2.10. The number of fused-ring (bicyclic) bond motifs is 1. The quantitative estimate of drug-likeness (QED) is 0.311. The normalized spacial score (nSPS) is 22.0. The highest BCUT2D eigenvalue weighted by atomic mass is 127. The van der Waals surface area contributed by atoms with E-state index in [0.717, 1.165) is 14.7 Å². The first-order valence-corrected chi connectivity index (χ1v) is 13.1. The molecule has 1 amide bonds. The maximum Gasteiger partial charge on any atom is 0.338 e. The van der Waals surface area contributed by atoms with Gasteiger partial charge in [0.2, 0.25) is 11.7 Å². The van der Waals surface area contributed by atoms with Crippen LogP contribution in [0.1, 0.15) is 27.9 Å². The maximum atomic E-state index is 13.1. The third-order valence-electron chi connectivity index (χ3n) is 6.42. The Balaban J connectivity index is 1.52. The Morgan fingerprint density at radius 3 is 2.16 bits per heavy atom. The van der Waals surface area contributed by atoms with Gasteiger partial charge in [0.15, 0.2) is 0 Å². The van der Waals surface area contributed by atoms with Gasteiger partial charge in [-0.25, -0.2) is 4.79 Å². The van der Waals surface area contributed by atoms with Gasteiger partial charge in [-0.1, -0.05) is 60.7 Å². The minimum absolute atomic E-state index is 0.118. The van der Waals surface area contributed by atoms with Gasteiger partial charge in [0.05, 0.1) is 12.2 Å². The van der Waals surface area contributed by atoms with Crippen molar-refractivity contribution in [2.75, 3.05) is 13.2 Å². The molecular weight excluding hydrogens is 585 g/mol. The number of carbonyl (C=O) groups excluding carboxylic acids is 2. The molecule has 5 rings (SSSR count). The number of hydrogen-bond acceptors (Lipinski definition) is 6. The van der Waals surface area contributed by atoms with Gasteiger partial charge < -0.3 is 24.6 Å². The zero-order valence-corrected chi connectivity index (χ0v) is 22.0. The van der Waals surface area contributed by atoms with Gasteiger partial charge in [0.1, 0.15) is 18.3 Å². The molecule has 0 spiro atoms. The molecule has 0 radical (unpaired) electrons. The molecule has 3 atom stereocenters. The molecule has 190 valence electrons. The standard InChI is InChI=1S/C29H26INO6/c30-23-13-11-19(12-14-23)28(34)35-24-17-20(27(33)31-15-16-32)18-25-26(24)37-29(36-25,21-7-3-1-4-8-21)22-9-5-2-6-10-22/h1-14,18,24-26,32H,15-17H2,(H,31,33). The summed E-state index contributed by atoms with van der Waals surface area (Å²) < 4.78 is 20.3. The summed E-state index contributed by atoms with van der Waals surface area (Å²) in [7, 11) is 0. The van der Waals surface area contributed by atoms with Crippen LogP contribution in [-0.2, 0) is 24.8 Å². The molecule has 37 heavy (non-hydrogen) atoms. The van der Waals surface area contributed by atoms with E-state index < -0.39 is 30.1 Å². The molecule has 3 aromatic rings. The van der Waals surface area contributed by atoms with E-state index in [-0.39, 0.29) is 25.5 Å². The van der Waals surface area contributed by atoms with Crippen LogP contribution >= 0.6 is 22.6 Å². The van der Waals surface area contributed by atoms with Crippen molar-refractivity contribution in [2.24, 2.45) is 0 Å². The fraction of sp³-hybridized carbons (Fsp3) is 0.241. The SMILES string of the molecule is O=C(NCCO)C1=CC2OC(c3ccccc3)(c3ccccc3)OC2C(OC(=O)c2ccc(I)cc2)C1. The summed E-state index contributed by atoms with van der Waals surface area (Å²) >= 11 is 2.17. The summed E-state index contributed by atoms with van der Waals surface area (Å²) in [6.45, 7) is -0.0618. The van der Waals surface area contributed by atoms with E-state index in [2.05, 4.69) is 27.9 Å². The van der Waals surface area contributed by atoms with Gasteiger partial charge in [-0.15, -0.1) is 0 Å². The second-order valence-electron chi connectivity index (χ2n) is 8.84. The van der Waals surface area contributed by atoms with Crippen LogP contribution in [0.2, 0.25) is 0 Å². The van der Waals surface area contributed by atoms with Gasteiger partial charge >= 0.3 is 5.97 Å². The van der Waals surface area contributed by atoms with Crippen molar-refractivity contribution in [3.63, 3.8) is 0 Å². The van der Waals surface area contributed by atoms with Crippen molar-refractivity contribution in [3.05, 3.63) is 117 Å². The molecule has 2 N–H and O–H groups in total. The highest BCUT2D eigenvalue weighted by Crippen LogP contribution is 2.47. The number of carbonyl (C=O) groups is 2. The molecule has 3 unspecified atom stereocenters. The van der Waals surface area contributed by atoms with Crippen LogP contribution < -0.4 is 5.32 Å².